The van der Waals surface area contributed by atoms with Crippen LogP contribution in [0.15, 0.2) is 11.6 Å². The van der Waals surface area contributed by atoms with Crippen LogP contribution in [0.2, 0.25) is 0 Å². The fraction of sp³-hybridized carbons (Fsp3) is 0.733. The maximum Gasteiger partial charge on any atom is 0.220 e. The molecule has 1 atom stereocenters. The second-order valence-electron chi connectivity index (χ2n) is 5.80. The topological polar surface area (TPSA) is 60.5 Å². The number of carbonyl (C=O) groups excluding carboxylic acids is 1. The van der Waals surface area contributed by atoms with E-state index in [4.69, 9.17) is 9.47 Å². The molecule has 1 amide bonds. The SMILES string of the molecule is O=C(CCc1nccs1)NCC1CCC2(CCOCC2)O1. The van der Waals surface area contributed by atoms with Gasteiger partial charge in [-0.1, -0.05) is 0 Å². The zero-order valence-electron chi connectivity index (χ0n) is 12.2. The van der Waals surface area contributed by atoms with Gasteiger partial charge < -0.3 is 14.8 Å². The Hall–Kier alpha value is -0.980. The lowest BCUT2D eigenvalue weighted by molar-refractivity contribution is -0.124. The fourth-order valence-electron chi connectivity index (χ4n) is 3.06. The third-order valence-electron chi connectivity index (χ3n) is 4.32. The number of amides is 1. The van der Waals surface area contributed by atoms with Crippen molar-refractivity contribution in [2.45, 2.75) is 50.2 Å². The molecule has 2 aliphatic rings. The van der Waals surface area contributed by atoms with Crippen LogP contribution in [-0.4, -0.2) is 42.4 Å². The molecule has 1 unspecified atom stereocenters. The molecule has 0 bridgehead atoms. The maximum atomic E-state index is 11.9. The number of aryl methyl sites for hydroxylation is 1. The summed E-state index contributed by atoms with van der Waals surface area (Å²) in [7, 11) is 0. The predicted octanol–water partition coefficient (Wildman–Crippen LogP) is 1.92. The molecule has 0 radical (unpaired) electrons. The molecule has 1 spiro atoms. The number of hydrogen-bond acceptors (Lipinski definition) is 5. The van der Waals surface area contributed by atoms with Crippen molar-refractivity contribution in [2.75, 3.05) is 19.8 Å². The van der Waals surface area contributed by atoms with Crippen LogP contribution in [0, 0.1) is 0 Å². The number of nitrogens with one attached hydrogen (secondary N) is 1. The van der Waals surface area contributed by atoms with Gasteiger partial charge in [0, 0.05) is 44.2 Å². The van der Waals surface area contributed by atoms with E-state index in [0.29, 0.717) is 13.0 Å². The quantitative estimate of drug-likeness (QED) is 0.902. The van der Waals surface area contributed by atoms with Crippen LogP contribution in [0.5, 0.6) is 0 Å². The Morgan fingerprint density at radius 1 is 1.43 bits per heavy atom. The highest BCUT2D eigenvalue weighted by molar-refractivity contribution is 7.09. The van der Waals surface area contributed by atoms with Crippen molar-refractivity contribution in [1.29, 1.82) is 0 Å². The number of aromatic nitrogens is 1. The lowest BCUT2D eigenvalue weighted by atomic mass is 9.91. The summed E-state index contributed by atoms with van der Waals surface area (Å²) in [6.45, 7) is 2.22. The van der Waals surface area contributed by atoms with Gasteiger partial charge in [-0.2, -0.15) is 0 Å². The summed E-state index contributed by atoms with van der Waals surface area (Å²) in [5.41, 5.74) is 0.0224. The average molecular weight is 310 g/mol. The van der Waals surface area contributed by atoms with E-state index in [0.717, 1.165) is 50.3 Å². The molecule has 3 rings (SSSR count). The van der Waals surface area contributed by atoms with E-state index < -0.39 is 0 Å². The third kappa shape index (κ3) is 4.02. The highest BCUT2D eigenvalue weighted by atomic mass is 32.1. The van der Waals surface area contributed by atoms with Gasteiger partial charge in [-0.3, -0.25) is 4.79 Å². The highest BCUT2D eigenvalue weighted by Crippen LogP contribution is 2.37. The minimum atomic E-state index is 0.0224. The first kappa shape index (κ1) is 14.9. The molecule has 0 saturated carbocycles. The third-order valence-corrected chi connectivity index (χ3v) is 5.16. The molecule has 3 heterocycles. The molecule has 6 heteroatoms. The second-order valence-corrected chi connectivity index (χ2v) is 6.78. The Balaban J connectivity index is 1.36. The number of rotatable bonds is 5. The largest absolute Gasteiger partial charge is 0.381 e. The van der Waals surface area contributed by atoms with Gasteiger partial charge in [-0.25, -0.2) is 4.98 Å². The van der Waals surface area contributed by atoms with Gasteiger partial charge in [-0.15, -0.1) is 11.3 Å². The highest BCUT2D eigenvalue weighted by Gasteiger charge is 2.41. The molecule has 1 N–H and O–H groups in total. The Kier molecular flexibility index (Phi) is 4.87. The fourth-order valence-corrected chi connectivity index (χ4v) is 3.68. The van der Waals surface area contributed by atoms with E-state index in [1.165, 1.54) is 0 Å². The molecule has 116 valence electrons. The summed E-state index contributed by atoms with van der Waals surface area (Å²) in [5.74, 6) is 0.0849. The molecule has 0 aromatic carbocycles. The molecule has 21 heavy (non-hydrogen) atoms. The number of thiazole rings is 1. The Morgan fingerprint density at radius 2 is 2.29 bits per heavy atom. The zero-order valence-corrected chi connectivity index (χ0v) is 13.0. The summed E-state index contributed by atoms with van der Waals surface area (Å²) in [4.78, 5) is 16.0. The Labute approximate surface area is 129 Å². The van der Waals surface area contributed by atoms with Crippen LogP contribution in [0.3, 0.4) is 0 Å². The van der Waals surface area contributed by atoms with Crippen LogP contribution in [0.4, 0.5) is 0 Å². The van der Waals surface area contributed by atoms with Crippen molar-refractivity contribution in [3.8, 4) is 0 Å². The van der Waals surface area contributed by atoms with E-state index in [2.05, 4.69) is 10.3 Å². The first-order valence-electron chi connectivity index (χ1n) is 7.66. The van der Waals surface area contributed by atoms with Crippen molar-refractivity contribution in [3.05, 3.63) is 16.6 Å². The van der Waals surface area contributed by atoms with Gasteiger partial charge in [0.25, 0.3) is 0 Å². The number of hydrogen-bond donors (Lipinski definition) is 1. The maximum absolute atomic E-state index is 11.9. The number of nitrogens with zero attached hydrogens (tertiary/aromatic N) is 1. The van der Waals surface area contributed by atoms with E-state index in [9.17, 15) is 4.79 Å². The molecular formula is C15H22N2O3S. The molecule has 1 aromatic rings. The van der Waals surface area contributed by atoms with Crippen molar-refractivity contribution in [1.82, 2.24) is 10.3 Å². The van der Waals surface area contributed by atoms with Gasteiger partial charge in [0.2, 0.25) is 5.91 Å². The standard InChI is InChI=1S/C15H22N2O3S/c18-13(1-2-14-16-7-10-21-14)17-11-12-3-4-15(20-12)5-8-19-9-6-15/h7,10,12H,1-6,8-9,11H2,(H,17,18). The van der Waals surface area contributed by atoms with Crippen LogP contribution in [-0.2, 0) is 20.7 Å². The van der Waals surface area contributed by atoms with Crippen molar-refractivity contribution >= 4 is 17.2 Å². The number of ether oxygens (including phenoxy) is 2. The Morgan fingerprint density at radius 3 is 3.05 bits per heavy atom. The molecule has 5 nitrogen and oxygen atoms in total. The molecule has 1 aromatic heterocycles. The summed E-state index contributed by atoms with van der Waals surface area (Å²) in [6.07, 6.45) is 7.26. The van der Waals surface area contributed by atoms with E-state index >= 15 is 0 Å². The van der Waals surface area contributed by atoms with Crippen LogP contribution in [0.1, 0.15) is 37.1 Å². The van der Waals surface area contributed by atoms with Gasteiger partial charge in [0.05, 0.1) is 16.7 Å². The van der Waals surface area contributed by atoms with Crippen molar-refractivity contribution in [3.63, 3.8) is 0 Å². The predicted molar refractivity (Wildman–Crippen MR) is 80.3 cm³/mol. The number of carbonyl (C=O) groups is 1. The first-order chi connectivity index (χ1) is 10.3. The first-order valence-corrected chi connectivity index (χ1v) is 8.54. The monoisotopic (exact) mass is 310 g/mol. The van der Waals surface area contributed by atoms with E-state index in [-0.39, 0.29) is 17.6 Å². The summed E-state index contributed by atoms with van der Waals surface area (Å²) < 4.78 is 11.6. The van der Waals surface area contributed by atoms with Gasteiger partial charge in [-0.05, 0) is 25.7 Å². The molecule has 2 aliphatic heterocycles. The average Bonchev–Trinajstić information content (AvgIpc) is 3.14. The Bertz CT molecular complexity index is 457. The van der Waals surface area contributed by atoms with Crippen LogP contribution < -0.4 is 5.32 Å². The lowest BCUT2D eigenvalue weighted by Gasteiger charge is -2.33. The van der Waals surface area contributed by atoms with Crippen LogP contribution in [0.25, 0.3) is 0 Å². The van der Waals surface area contributed by atoms with Gasteiger partial charge in [0.1, 0.15) is 0 Å². The minimum Gasteiger partial charge on any atom is -0.381 e. The smallest absolute Gasteiger partial charge is 0.220 e. The van der Waals surface area contributed by atoms with Crippen LogP contribution >= 0.6 is 11.3 Å². The van der Waals surface area contributed by atoms with Crippen molar-refractivity contribution in [2.24, 2.45) is 0 Å². The van der Waals surface area contributed by atoms with E-state index in [1.807, 2.05) is 5.38 Å². The summed E-state index contributed by atoms with van der Waals surface area (Å²) >= 11 is 1.60. The van der Waals surface area contributed by atoms with Gasteiger partial charge in [0.15, 0.2) is 0 Å². The molecule has 2 fully saturated rings. The summed E-state index contributed by atoms with van der Waals surface area (Å²) in [5, 5.41) is 5.95. The molecular weight excluding hydrogens is 288 g/mol. The minimum absolute atomic E-state index is 0.0224. The summed E-state index contributed by atoms with van der Waals surface area (Å²) in [6, 6.07) is 0. The van der Waals surface area contributed by atoms with Gasteiger partial charge >= 0.3 is 0 Å². The zero-order chi connectivity index (χ0) is 14.5. The lowest BCUT2D eigenvalue weighted by Crippen LogP contribution is -2.38. The molecule has 0 aliphatic carbocycles. The normalized spacial score (nSPS) is 24.3. The molecule has 2 saturated heterocycles. The second kappa shape index (κ2) is 6.85. The van der Waals surface area contributed by atoms with E-state index in [1.54, 1.807) is 17.5 Å². The van der Waals surface area contributed by atoms with Crippen molar-refractivity contribution < 1.29 is 14.3 Å².